The third-order valence-electron chi connectivity index (χ3n) is 5.42. The Morgan fingerprint density at radius 3 is 2.59 bits per heavy atom. The highest BCUT2D eigenvalue weighted by Crippen LogP contribution is 2.29. The summed E-state index contributed by atoms with van der Waals surface area (Å²) in [5.41, 5.74) is 1.14. The Morgan fingerprint density at radius 2 is 1.86 bits per heavy atom. The minimum Gasteiger partial charge on any atom is -0.301 e. The largest absolute Gasteiger partial charge is 0.301 e. The van der Waals surface area contributed by atoms with Gasteiger partial charge in [-0.3, -0.25) is 9.69 Å². The number of fused-ring (bicyclic) bond motifs is 1. The van der Waals surface area contributed by atoms with Gasteiger partial charge in [-0.15, -0.1) is 11.3 Å². The van der Waals surface area contributed by atoms with Gasteiger partial charge in [-0.1, -0.05) is 18.2 Å². The zero-order valence-corrected chi connectivity index (χ0v) is 17.9. The Balaban J connectivity index is 1.24. The second-order valence-electron chi connectivity index (χ2n) is 7.63. The Morgan fingerprint density at radius 1 is 1.14 bits per heavy atom. The molecule has 2 heterocycles. The van der Waals surface area contributed by atoms with Crippen molar-refractivity contribution in [3.8, 4) is 0 Å². The average Bonchev–Trinajstić information content (AvgIpc) is 3.12. The molecule has 29 heavy (non-hydrogen) atoms. The SMILES string of the molecule is O=C(CN1CCC(NS(=O)(=O)c2ccccc2)CC1)Nc1nc2c(s1)CCCC2. The number of carbonyl (C=O) groups is 1. The minimum absolute atomic E-state index is 0.0561. The van der Waals surface area contributed by atoms with Gasteiger partial charge in [0, 0.05) is 24.0 Å². The first-order valence-electron chi connectivity index (χ1n) is 10.1. The molecule has 2 aliphatic rings. The van der Waals surface area contributed by atoms with Crippen LogP contribution < -0.4 is 10.0 Å². The van der Waals surface area contributed by atoms with Gasteiger partial charge in [-0.25, -0.2) is 18.1 Å². The summed E-state index contributed by atoms with van der Waals surface area (Å²) in [7, 11) is -3.50. The number of anilines is 1. The molecule has 9 heteroatoms. The first-order chi connectivity index (χ1) is 14.0. The molecule has 1 aliphatic carbocycles. The molecule has 1 saturated heterocycles. The van der Waals surface area contributed by atoms with Crippen molar-refractivity contribution in [3.05, 3.63) is 40.9 Å². The fourth-order valence-electron chi connectivity index (χ4n) is 3.86. The summed E-state index contributed by atoms with van der Waals surface area (Å²) in [4.78, 5) is 20.6. The van der Waals surface area contributed by atoms with Crippen LogP contribution in [0.25, 0.3) is 0 Å². The molecule has 0 radical (unpaired) electrons. The van der Waals surface area contributed by atoms with Crippen LogP contribution in [0.4, 0.5) is 5.13 Å². The number of hydrogen-bond acceptors (Lipinski definition) is 6. The zero-order valence-electron chi connectivity index (χ0n) is 16.3. The maximum absolute atomic E-state index is 12.5. The van der Waals surface area contributed by atoms with E-state index in [1.807, 2.05) is 0 Å². The molecule has 0 saturated carbocycles. The summed E-state index contributed by atoms with van der Waals surface area (Å²) in [6, 6.07) is 8.31. The quantitative estimate of drug-likeness (QED) is 0.729. The van der Waals surface area contributed by atoms with Gasteiger partial charge in [0.15, 0.2) is 5.13 Å². The van der Waals surface area contributed by atoms with Crippen molar-refractivity contribution in [1.29, 1.82) is 0 Å². The highest BCUT2D eigenvalue weighted by Gasteiger charge is 2.25. The number of rotatable bonds is 6. The van der Waals surface area contributed by atoms with Gasteiger partial charge in [0.1, 0.15) is 0 Å². The van der Waals surface area contributed by atoms with E-state index in [-0.39, 0.29) is 16.8 Å². The molecule has 0 unspecified atom stereocenters. The number of hydrogen-bond donors (Lipinski definition) is 2. The number of aromatic nitrogens is 1. The molecule has 0 bridgehead atoms. The topological polar surface area (TPSA) is 91.4 Å². The fraction of sp³-hybridized carbons (Fsp3) is 0.500. The summed E-state index contributed by atoms with van der Waals surface area (Å²) in [6.45, 7) is 1.68. The Bertz CT molecular complexity index is 928. The third kappa shape index (κ3) is 5.22. The van der Waals surface area contributed by atoms with Gasteiger partial charge < -0.3 is 5.32 Å². The van der Waals surface area contributed by atoms with Gasteiger partial charge in [-0.05, 0) is 50.7 Å². The predicted octanol–water partition coefficient (Wildman–Crippen LogP) is 2.40. The second kappa shape index (κ2) is 8.91. The summed E-state index contributed by atoms with van der Waals surface area (Å²) in [6.07, 6.45) is 5.82. The van der Waals surface area contributed by atoms with E-state index in [4.69, 9.17) is 0 Å². The average molecular weight is 435 g/mol. The molecular formula is C20H26N4O3S2. The van der Waals surface area contributed by atoms with Crippen molar-refractivity contribution in [2.24, 2.45) is 0 Å². The van der Waals surface area contributed by atoms with Crippen LogP contribution in [-0.2, 0) is 27.7 Å². The lowest BCUT2D eigenvalue weighted by Crippen LogP contribution is -2.46. The molecular weight excluding hydrogens is 408 g/mol. The summed E-state index contributed by atoms with van der Waals surface area (Å²) in [5, 5.41) is 3.63. The van der Waals surface area contributed by atoms with Crippen LogP contribution in [0.1, 0.15) is 36.3 Å². The predicted molar refractivity (Wildman–Crippen MR) is 114 cm³/mol. The van der Waals surface area contributed by atoms with Gasteiger partial charge >= 0.3 is 0 Å². The Kier molecular flexibility index (Phi) is 6.29. The van der Waals surface area contributed by atoms with Crippen LogP contribution in [0.3, 0.4) is 0 Å². The van der Waals surface area contributed by atoms with Crippen LogP contribution in [0.5, 0.6) is 0 Å². The molecule has 2 N–H and O–H groups in total. The van der Waals surface area contributed by atoms with Crippen molar-refractivity contribution in [3.63, 3.8) is 0 Å². The van der Waals surface area contributed by atoms with Gasteiger partial charge in [-0.2, -0.15) is 0 Å². The maximum atomic E-state index is 12.5. The van der Waals surface area contributed by atoms with Crippen molar-refractivity contribution in [1.82, 2.24) is 14.6 Å². The van der Waals surface area contributed by atoms with Crippen LogP contribution >= 0.6 is 11.3 Å². The number of amides is 1. The van der Waals surface area contributed by atoms with E-state index in [0.717, 1.165) is 18.5 Å². The number of thiazole rings is 1. The first-order valence-corrected chi connectivity index (χ1v) is 12.4. The van der Waals surface area contributed by atoms with Crippen molar-refractivity contribution in [2.75, 3.05) is 25.0 Å². The summed E-state index contributed by atoms with van der Waals surface area (Å²) >= 11 is 1.59. The lowest BCUT2D eigenvalue weighted by molar-refractivity contribution is -0.117. The monoisotopic (exact) mass is 434 g/mol. The van der Waals surface area contributed by atoms with Crippen LogP contribution in [0.15, 0.2) is 35.2 Å². The molecule has 0 spiro atoms. The lowest BCUT2D eigenvalue weighted by atomic mass is 10.0. The first kappa shape index (κ1) is 20.5. The normalized spacial score (nSPS) is 18.3. The van der Waals surface area contributed by atoms with Gasteiger partial charge in [0.25, 0.3) is 0 Å². The van der Waals surface area contributed by atoms with E-state index >= 15 is 0 Å². The van der Waals surface area contributed by atoms with E-state index in [1.54, 1.807) is 41.7 Å². The molecule has 4 rings (SSSR count). The molecule has 7 nitrogen and oxygen atoms in total. The highest BCUT2D eigenvalue weighted by molar-refractivity contribution is 7.89. The maximum Gasteiger partial charge on any atom is 0.240 e. The van der Waals surface area contributed by atoms with E-state index in [9.17, 15) is 13.2 Å². The summed E-state index contributed by atoms with van der Waals surface area (Å²) < 4.78 is 27.7. The van der Waals surface area contributed by atoms with E-state index in [1.165, 1.54) is 17.7 Å². The second-order valence-corrected chi connectivity index (χ2v) is 10.4. The Labute approximate surface area is 175 Å². The highest BCUT2D eigenvalue weighted by atomic mass is 32.2. The molecule has 2 aromatic rings. The van der Waals surface area contributed by atoms with Crippen LogP contribution in [0.2, 0.25) is 0 Å². The number of nitrogens with zero attached hydrogens (tertiary/aromatic N) is 2. The van der Waals surface area contributed by atoms with Gasteiger partial charge in [0.2, 0.25) is 15.9 Å². The van der Waals surface area contributed by atoms with Crippen LogP contribution in [0, 0.1) is 0 Å². The minimum atomic E-state index is -3.50. The molecule has 1 amide bonds. The molecule has 1 aliphatic heterocycles. The molecule has 0 atom stereocenters. The zero-order chi connectivity index (χ0) is 20.3. The van der Waals surface area contributed by atoms with Crippen molar-refractivity contribution in [2.45, 2.75) is 49.5 Å². The fourth-order valence-corrected chi connectivity index (χ4v) is 6.26. The molecule has 1 fully saturated rings. The number of piperidine rings is 1. The number of likely N-dealkylation sites (tertiary alicyclic amines) is 1. The van der Waals surface area contributed by atoms with E-state index in [2.05, 4.69) is 19.9 Å². The number of aryl methyl sites for hydroxylation is 2. The van der Waals surface area contributed by atoms with Crippen molar-refractivity contribution < 1.29 is 13.2 Å². The summed E-state index contributed by atoms with van der Waals surface area (Å²) in [5.74, 6) is -0.0561. The third-order valence-corrected chi connectivity index (χ3v) is 8.03. The van der Waals surface area contributed by atoms with E-state index < -0.39 is 10.0 Å². The smallest absolute Gasteiger partial charge is 0.240 e. The number of sulfonamides is 1. The number of benzene rings is 1. The number of nitrogens with one attached hydrogen (secondary N) is 2. The molecule has 1 aromatic heterocycles. The number of carbonyl (C=O) groups excluding carboxylic acids is 1. The van der Waals surface area contributed by atoms with Gasteiger partial charge in [0.05, 0.1) is 17.1 Å². The van der Waals surface area contributed by atoms with Crippen molar-refractivity contribution >= 4 is 32.4 Å². The Hall–Kier alpha value is -1.81. The standard InChI is InChI=1S/C20H26N4O3S2/c25-19(22-20-21-17-8-4-5-9-18(17)28-20)14-24-12-10-15(11-13-24)23-29(26,27)16-6-2-1-3-7-16/h1-3,6-7,15,23H,4-5,8-14H2,(H,21,22,25). The molecule has 156 valence electrons. The van der Waals surface area contributed by atoms with E-state index in [0.29, 0.717) is 37.6 Å². The molecule has 1 aromatic carbocycles. The lowest BCUT2D eigenvalue weighted by Gasteiger charge is -2.31. The van der Waals surface area contributed by atoms with Crippen LogP contribution in [-0.4, -0.2) is 49.9 Å².